The number of allylic oxidation sites excluding steroid dienone is 3. The molecule has 0 amide bonds. The predicted octanol–water partition coefficient (Wildman–Crippen LogP) is 10.5. The van der Waals surface area contributed by atoms with Gasteiger partial charge in [0.15, 0.2) is 0 Å². The molecule has 0 heterocycles. The molecule has 3 fully saturated rings. The predicted molar refractivity (Wildman–Crippen MR) is 156 cm³/mol. The third-order valence-electron chi connectivity index (χ3n) is 11.4. The molecule has 0 spiro atoms. The number of hydrogen-bond donors (Lipinski definition) is 0. The van der Waals surface area contributed by atoms with E-state index >= 15 is 0 Å². The first-order valence-corrected chi connectivity index (χ1v) is 15.4. The van der Waals surface area contributed by atoms with Crippen LogP contribution in [0.3, 0.4) is 0 Å². The Morgan fingerprint density at radius 3 is 2.54 bits per heavy atom. The Bertz CT molecular complexity index is 771. The maximum atomic E-state index is 5.23. The van der Waals surface area contributed by atoms with Gasteiger partial charge in [0.25, 0.3) is 0 Å². The molecule has 0 radical (unpaired) electrons. The topological polar surface area (TPSA) is 12.4 Å². The largest absolute Gasteiger partial charge is 0.294 e. The van der Waals surface area contributed by atoms with Gasteiger partial charge in [-0.1, -0.05) is 85.6 Å². The molecule has 3 aliphatic carbocycles. The minimum atomic E-state index is 0.386. The lowest BCUT2D eigenvalue weighted by molar-refractivity contribution is -0.0408. The molecule has 0 aromatic carbocycles. The fourth-order valence-electron chi connectivity index (χ4n) is 9.29. The van der Waals surface area contributed by atoms with E-state index in [2.05, 4.69) is 68.0 Å². The summed E-state index contributed by atoms with van der Waals surface area (Å²) in [7, 11) is 0. The summed E-state index contributed by atoms with van der Waals surface area (Å²) in [6.07, 6.45) is 20.6. The van der Waals surface area contributed by atoms with Gasteiger partial charge in [0.1, 0.15) is 0 Å². The zero-order valence-electron chi connectivity index (χ0n) is 24.9. The monoisotopic (exact) mass is 481 g/mol. The third-order valence-corrected chi connectivity index (χ3v) is 11.4. The Hall–Kier alpha value is -0.850. The Morgan fingerprint density at radius 2 is 1.89 bits per heavy atom. The minimum absolute atomic E-state index is 0.386. The highest BCUT2D eigenvalue weighted by Crippen LogP contribution is 2.66. The molecule has 0 N–H and O–H groups in total. The molecule has 0 bridgehead atoms. The van der Waals surface area contributed by atoms with Crippen LogP contribution in [0.1, 0.15) is 132 Å². The fourth-order valence-corrected chi connectivity index (χ4v) is 9.29. The second-order valence-electron chi connectivity index (χ2n) is 14.2. The van der Waals surface area contributed by atoms with Gasteiger partial charge in [-0.25, -0.2) is 0 Å². The molecule has 7 atom stereocenters. The minimum Gasteiger partial charge on any atom is -0.294 e. The van der Waals surface area contributed by atoms with Crippen LogP contribution in [0.5, 0.6) is 0 Å². The molecule has 1 heteroatoms. The van der Waals surface area contributed by atoms with Crippen LogP contribution >= 0.6 is 0 Å². The van der Waals surface area contributed by atoms with Gasteiger partial charge >= 0.3 is 0 Å². The second kappa shape index (κ2) is 11.7. The Labute approximate surface area is 219 Å². The summed E-state index contributed by atoms with van der Waals surface area (Å²) >= 11 is 0. The normalized spacial score (nSPS) is 37.7. The van der Waals surface area contributed by atoms with Crippen molar-refractivity contribution in [2.24, 2.45) is 50.8 Å². The van der Waals surface area contributed by atoms with Gasteiger partial charge in [-0.3, -0.25) is 4.99 Å². The van der Waals surface area contributed by atoms with Crippen molar-refractivity contribution in [2.45, 2.75) is 132 Å². The van der Waals surface area contributed by atoms with Crippen molar-refractivity contribution in [3.63, 3.8) is 0 Å². The van der Waals surface area contributed by atoms with Crippen molar-refractivity contribution in [3.05, 3.63) is 24.3 Å². The van der Waals surface area contributed by atoms with E-state index in [4.69, 9.17) is 4.99 Å². The average Bonchev–Trinajstić information content (AvgIpc) is 3.16. The SMILES string of the molecule is C=C/C=C1/CCC2C(CCC3(C)C(C(C)=NCCCC(C)CC(C)(C)CC)CCC23)C1(C)CCC. The Balaban J connectivity index is 1.64. The maximum absolute atomic E-state index is 5.23. The van der Waals surface area contributed by atoms with Gasteiger partial charge in [-0.2, -0.15) is 0 Å². The van der Waals surface area contributed by atoms with Gasteiger partial charge in [-0.15, -0.1) is 0 Å². The molecule has 3 rings (SSSR count). The van der Waals surface area contributed by atoms with E-state index < -0.39 is 0 Å². The first-order valence-electron chi connectivity index (χ1n) is 15.4. The van der Waals surface area contributed by atoms with Gasteiger partial charge in [0.05, 0.1) is 0 Å². The summed E-state index contributed by atoms with van der Waals surface area (Å²) in [5, 5.41) is 0. The van der Waals surface area contributed by atoms with E-state index in [0.29, 0.717) is 22.2 Å². The molecule has 7 unspecified atom stereocenters. The molecule has 35 heavy (non-hydrogen) atoms. The molecule has 3 saturated carbocycles. The number of fused-ring (bicyclic) bond motifs is 3. The Kier molecular flexibility index (Phi) is 9.59. The number of hydrogen-bond acceptors (Lipinski definition) is 1. The highest BCUT2D eigenvalue weighted by Gasteiger charge is 2.58. The zero-order valence-corrected chi connectivity index (χ0v) is 24.9. The van der Waals surface area contributed by atoms with Gasteiger partial charge < -0.3 is 0 Å². The van der Waals surface area contributed by atoms with Crippen molar-refractivity contribution in [3.8, 4) is 0 Å². The molecule has 1 nitrogen and oxygen atoms in total. The first-order chi connectivity index (χ1) is 16.5. The number of rotatable bonds is 11. The third kappa shape index (κ3) is 6.01. The van der Waals surface area contributed by atoms with Crippen LogP contribution in [0.4, 0.5) is 0 Å². The summed E-state index contributed by atoms with van der Waals surface area (Å²) in [4.78, 5) is 5.23. The van der Waals surface area contributed by atoms with Crippen LogP contribution in [0.2, 0.25) is 0 Å². The summed E-state index contributed by atoms with van der Waals surface area (Å²) in [5.74, 6) is 4.20. The van der Waals surface area contributed by atoms with Crippen LogP contribution in [0, 0.1) is 45.8 Å². The Morgan fingerprint density at radius 1 is 1.14 bits per heavy atom. The van der Waals surface area contributed by atoms with Gasteiger partial charge in [0.2, 0.25) is 0 Å². The van der Waals surface area contributed by atoms with E-state index in [1.807, 2.05) is 6.08 Å². The van der Waals surface area contributed by atoms with E-state index in [1.165, 1.54) is 82.8 Å². The van der Waals surface area contributed by atoms with Crippen LogP contribution in [-0.2, 0) is 0 Å². The lowest BCUT2D eigenvalue weighted by atomic mass is 9.47. The maximum Gasteiger partial charge on any atom is 0.0388 e. The van der Waals surface area contributed by atoms with E-state index in [9.17, 15) is 0 Å². The molecule has 200 valence electrons. The molecule has 0 aromatic rings. The number of nitrogens with zero attached hydrogens (tertiary/aromatic N) is 1. The second-order valence-corrected chi connectivity index (χ2v) is 14.2. The lowest BCUT2D eigenvalue weighted by Crippen LogP contribution is -2.50. The van der Waals surface area contributed by atoms with Crippen molar-refractivity contribution in [2.75, 3.05) is 6.54 Å². The van der Waals surface area contributed by atoms with Crippen molar-refractivity contribution >= 4 is 5.71 Å². The van der Waals surface area contributed by atoms with Crippen LogP contribution in [0.25, 0.3) is 0 Å². The van der Waals surface area contributed by atoms with Crippen LogP contribution in [0.15, 0.2) is 29.3 Å². The van der Waals surface area contributed by atoms with Crippen LogP contribution < -0.4 is 0 Å². The smallest absolute Gasteiger partial charge is 0.0388 e. The first kappa shape index (κ1) is 28.7. The molecular weight excluding hydrogens is 422 g/mol. The number of aliphatic imine (C=N–C) groups is 1. The van der Waals surface area contributed by atoms with E-state index in [1.54, 1.807) is 5.57 Å². The molecule has 0 aliphatic heterocycles. The van der Waals surface area contributed by atoms with Gasteiger partial charge in [-0.05, 0) is 111 Å². The zero-order chi connectivity index (χ0) is 25.9. The average molecular weight is 482 g/mol. The summed E-state index contributed by atoms with van der Waals surface area (Å²) in [6.45, 7) is 24.7. The highest BCUT2D eigenvalue weighted by atomic mass is 14.8. The summed E-state index contributed by atoms with van der Waals surface area (Å²) in [5.41, 5.74) is 4.52. The molecule has 3 aliphatic rings. The fraction of sp³-hybridized carbons (Fsp3) is 0.853. The van der Waals surface area contributed by atoms with Crippen molar-refractivity contribution in [1.82, 2.24) is 0 Å². The van der Waals surface area contributed by atoms with Crippen molar-refractivity contribution in [1.29, 1.82) is 0 Å². The van der Waals surface area contributed by atoms with E-state index in [-0.39, 0.29) is 0 Å². The van der Waals surface area contributed by atoms with Crippen LogP contribution in [-0.4, -0.2) is 12.3 Å². The summed E-state index contributed by atoms with van der Waals surface area (Å²) in [6, 6.07) is 0. The standard InChI is InChI=1S/C34H59N/c1-10-14-27-16-17-28-30-19-18-29(34(30,9)22-20-31(28)33(27,8)21-11-2)26(5)35-23-13-15-25(4)24-32(6,7)12-3/h10,14,25,28-31H,1,11-13,15-24H2,2-9H3/b27-14-,35-26?. The lowest BCUT2D eigenvalue weighted by Gasteiger charge is -2.57. The van der Waals surface area contributed by atoms with Crippen molar-refractivity contribution < 1.29 is 0 Å². The molecule has 0 saturated heterocycles. The highest BCUT2D eigenvalue weighted by molar-refractivity contribution is 5.85. The summed E-state index contributed by atoms with van der Waals surface area (Å²) < 4.78 is 0. The quantitative estimate of drug-likeness (QED) is 0.205. The molecule has 0 aromatic heterocycles. The molecular formula is C34H59N. The van der Waals surface area contributed by atoms with E-state index in [0.717, 1.165) is 30.2 Å². The van der Waals surface area contributed by atoms with Gasteiger partial charge in [0, 0.05) is 18.2 Å².